The van der Waals surface area contributed by atoms with E-state index in [4.69, 9.17) is 3.07 Å². The van der Waals surface area contributed by atoms with Gasteiger partial charge in [0.2, 0.25) is 0 Å². The van der Waals surface area contributed by atoms with Gasteiger partial charge in [0.25, 0.3) is 0 Å². The molecule has 0 heterocycles. The Morgan fingerprint density at radius 2 is 2.09 bits per heavy atom. The van der Waals surface area contributed by atoms with E-state index in [1.807, 2.05) is 0 Å². The van der Waals surface area contributed by atoms with Crippen LogP contribution in [0.2, 0.25) is 4.44 Å². The first kappa shape index (κ1) is 11.3. The van der Waals surface area contributed by atoms with Gasteiger partial charge in [0.05, 0.1) is 0 Å². The molecule has 0 atom stereocenters. The molecule has 0 fully saturated rings. The zero-order chi connectivity index (χ0) is 8.53. The SMILES string of the molecule is CCCCC[CH2][Sn][O]C(C)=O. The summed E-state index contributed by atoms with van der Waals surface area (Å²) in [4.78, 5) is 10.4. The molecule has 64 valence electrons. The second kappa shape index (κ2) is 8.37. The van der Waals surface area contributed by atoms with Crippen molar-refractivity contribution in [3.63, 3.8) is 0 Å². The van der Waals surface area contributed by atoms with E-state index in [0.29, 0.717) is 0 Å². The van der Waals surface area contributed by atoms with Crippen LogP contribution in [-0.4, -0.2) is 27.5 Å². The fraction of sp³-hybridized carbons (Fsp3) is 0.875. The number of rotatable bonds is 6. The first-order valence-corrected chi connectivity index (χ1v) is 7.36. The van der Waals surface area contributed by atoms with E-state index in [1.54, 1.807) is 0 Å². The van der Waals surface area contributed by atoms with Crippen LogP contribution in [0, 0.1) is 0 Å². The first-order valence-electron chi connectivity index (χ1n) is 4.17. The average molecular weight is 263 g/mol. The van der Waals surface area contributed by atoms with Gasteiger partial charge in [-0.25, -0.2) is 0 Å². The molecule has 11 heavy (non-hydrogen) atoms. The third kappa shape index (κ3) is 10.3. The summed E-state index contributed by atoms with van der Waals surface area (Å²) in [6.07, 6.45) is 5.16. The molecular formula is C8H16O2Sn. The van der Waals surface area contributed by atoms with Gasteiger partial charge in [0.1, 0.15) is 0 Å². The Balaban J connectivity index is 2.85. The summed E-state index contributed by atoms with van der Waals surface area (Å²) in [6.45, 7) is 3.69. The average Bonchev–Trinajstić information content (AvgIpc) is 1.96. The number of carbonyl (C=O) groups excluding carboxylic acids is 1. The molecule has 0 saturated heterocycles. The fourth-order valence-electron chi connectivity index (χ4n) is 0.777. The van der Waals surface area contributed by atoms with Crippen molar-refractivity contribution in [1.29, 1.82) is 0 Å². The van der Waals surface area contributed by atoms with E-state index in [0.717, 1.165) is 0 Å². The van der Waals surface area contributed by atoms with Crippen molar-refractivity contribution in [1.82, 2.24) is 0 Å². The molecule has 0 bridgehead atoms. The van der Waals surface area contributed by atoms with Gasteiger partial charge in [-0.2, -0.15) is 0 Å². The van der Waals surface area contributed by atoms with Crippen LogP contribution in [0.3, 0.4) is 0 Å². The maximum absolute atomic E-state index is 10.4. The number of carbonyl (C=O) groups is 1. The molecule has 0 aliphatic rings. The number of hydrogen-bond donors (Lipinski definition) is 0. The molecule has 0 aliphatic heterocycles. The third-order valence-corrected chi connectivity index (χ3v) is 4.17. The van der Waals surface area contributed by atoms with Gasteiger partial charge in [-0.15, -0.1) is 0 Å². The molecule has 0 saturated carbocycles. The van der Waals surface area contributed by atoms with E-state index in [-0.39, 0.29) is 5.97 Å². The predicted octanol–water partition coefficient (Wildman–Crippen LogP) is 2.17. The molecule has 0 N–H and O–H groups in total. The van der Waals surface area contributed by atoms with Crippen molar-refractivity contribution in [2.75, 3.05) is 0 Å². The van der Waals surface area contributed by atoms with Crippen LogP contribution < -0.4 is 0 Å². The molecular weight excluding hydrogens is 247 g/mol. The van der Waals surface area contributed by atoms with Gasteiger partial charge in [-0.05, 0) is 0 Å². The Morgan fingerprint density at radius 3 is 2.64 bits per heavy atom. The third-order valence-electron chi connectivity index (χ3n) is 1.35. The molecule has 0 aromatic carbocycles. The molecule has 0 rings (SSSR count). The van der Waals surface area contributed by atoms with Crippen molar-refractivity contribution >= 4 is 27.5 Å². The summed E-state index contributed by atoms with van der Waals surface area (Å²) in [5.74, 6) is -0.0907. The van der Waals surface area contributed by atoms with Crippen LogP contribution in [0.15, 0.2) is 0 Å². The van der Waals surface area contributed by atoms with Crippen LogP contribution in [0.5, 0.6) is 0 Å². The van der Waals surface area contributed by atoms with Gasteiger partial charge in [-0.1, -0.05) is 0 Å². The number of hydrogen-bond acceptors (Lipinski definition) is 2. The zero-order valence-corrected chi connectivity index (χ0v) is 10.2. The predicted molar refractivity (Wildman–Crippen MR) is 46.5 cm³/mol. The summed E-state index contributed by atoms with van der Waals surface area (Å²) in [5.41, 5.74) is 0. The first-order chi connectivity index (χ1) is 5.27. The van der Waals surface area contributed by atoms with Crippen molar-refractivity contribution in [3.8, 4) is 0 Å². The van der Waals surface area contributed by atoms with Crippen molar-refractivity contribution in [3.05, 3.63) is 0 Å². The van der Waals surface area contributed by atoms with Gasteiger partial charge < -0.3 is 0 Å². The minimum absolute atomic E-state index is 0.0907. The zero-order valence-electron chi connectivity index (χ0n) is 7.35. The van der Waals surface area contributed by atoms with E-state index in [1.165, 1.54) is 37.0 Å². The van der Waals surface area contributed by atoms with E-state index in [2.05, 4.69) is 6.92 Å². The molecule has 3 heteroatoms. The molecule has 2 nitrogen and oxygen atoms in total. The molecule has 2 radical (unpaired) electrons. The van der Waals surface area contributed by atoms with Crippen LogP contribution in [0.1, 0.15) is 39.5 Å². The Labute approximate surface area is 79.5 Å². The Morgan fingerprint density at radius 1 is 1.36 bits per heavy atom. The van der Waals surface area contributed by atoms with Crippen LogP contribution in [-0.2, 0) is 7.87 Å². The Kier molecular flexibility index (Phi) is 8.57. The van der Waals surface area contributed by atoms with Gasteiger partial charge >= 0.3 is 79.4 Å². The topological polar surface area (TPSA) is 26.3 Å². The monoisotopic (exact) mass is 264 g/mol. The van der Waals surface area contributed by atoms with E-state index < -0.39 is 21.6 Å². The van der Waals surface area contributed by atoms with Gasteiger partial charge in [0.15, 0.2) is 0 Å². The fourth-order valence-corrected chi connectivity index (χ4v) is 2.77. The molecule has 0 spiro atoms. The summed E-state index contributed by atoms with van der Waals surface area (Å²) in [7, 11) is 0. The van der Waals surface area contributed by atoms with Gasteiger partial charge in [-0.3, -0.25) is 0 Å². The quantitative estimate of drug-likeness (QED) is 0.542. The molecule has 0 aromatic rings. The number of unbranched alkanes of at least 4 members (excludes halogenated alkanes) is 3. The molecule has 0 aliphatic carbocycles. The second-order valence-electron chi connectivity index (χ2n) is 2.55. The van der Waals surface area contributed by atoms with Crippen LogP contribution >= 0.6 is 0 Å². The van der Waals surface area contributed by atoms with E-state index in [9.17, 15) is 4.79 Å². The molecule has 0 amide bonds. The Hall–Kier alpha value is 0.269. The molecule has 0 unspecified atom stereocenters. The van der Waals surface area contributed by atoms with E-state index >= 15 is 0 Å². The standard InChI is InChI=1S/C6H13.C2H4O2.Sn/c1-3-5-6-4-2;1-2(3)4;/h1,3-6H2,2H3;1H3,(H,3,4);/q;;+1/p-1. The summed E-state index contributed by atoms with van der Waals surface area (Å²) >= 11 is -0.762. The van der Waals surface area contributed by atoms with Crippen molar-refractivity contribution in [2.24, 2.45) is 0 Å². The Bertz CT molecular complexity index is 104. The maximum atomic E-state index is 10.4. The van der Waals surface area contributed by atoms with Crippen LogP contribution in [0.25, 0.3) is 0 Å². The molecule has 0 aromatic heterocycles. The van der Waals surface area contributed by atoms with Crippen molar-refractivity contribution in [2.45, 2.75) is 44.0 Å². The van der Waals surface area contributed by atoms with Crippen LogP contribution in [0.4, 0.5) is 0 Å². The van der Waals surface area contributed by atoms with Crippen molar-refractivity contribution < 1.29 is 7.87 Å². The minimum atomic E-state index is -0.762. The summed E-state index contributed by atoms with van der Waals surface area (Å²) in [5, 5.41) is 0. The summed E-state index contributed by atoms with van der Waals surface area (Å²) < 4.78 is 6.14. The normalized spacial score (nSPS) is 9.64. The summed E-state index contributed by atoms with van der Waals surface area (Å²) in [6, 6.07) is 0. The van der Waals surface area contributed by atoms with Gasteiger partial charge in [0, 0.05) is 0 Å². The second-order valence-corrected chi connectivity index (χ2v) is 5.38.